The summed E-state index contributed by atoms with van der Waals surface area (Å²) in [5.74, 6) is -0.593. The Morgan fingerprint density at radius 3 is 2.29 bits per heavy atom. The van der Waals surface area contributed by atoms with Crippen LogP contribution in [0.5, 0.6) is 0 Å². The smallest absolute Gasteiger partial charge is 0.461 e. The van der Waals surface area contributed by atoms with E-state index in [1.807, 2.05) is 22.8 Å². The Morgan fingerprint density at radius 2 is 1.71 bits per heavy atom. The number of carbonyl (C=O) groups is 2. The number of aromatic nitrogens is 2. The molecular weight excluding hydrogens is 445 g/mol. The molecule has 8 nitrogen and oxygen atoms in total. The van der Waals surface area contributed by atoms with Gasteiger partial charge < -0.3 is 18.9 Å². The zero-order valence-corrected chi connectivity index (χ0v) is 21.7. The van der Waals surface area contributed by atoms with Crippen LogP contribution in [0.1, 0.15) is 92.4 Å². The van der Waals surface area contributed by atoms with Crippen LogP contribution in [0.3, 0.4) is 0 Å². The molecule has 3 heterocycles. The minimum Gasteiger partial charge on any atom is -0.461 e. The van der Waals surface area contributed by atoms with Crippen molar-refractivity contribution in [3.05, 3.63) is 47.0 Å². The monoisotopic (exact) mass is 481 g/mol. The van der Waals surface area contributed by atoms with Crippen molar-refractivity contribution in [3.63, 3.8) is 0 Å². The summed E-state index contributed by atoms with van der Waals surface area (Å²) in [6.07, 6.45) is 5.70. The maximum atomic E-state index is 13.3. The minimum atomic E-state index is -0.483. The third-order valence-corrected chi connectivity index (χ3v) is 7.85. The standard InChI is InChI=1S/C26H36BN3O5/c1-7-25(8-2)26(9-3,10-4)35-27(34-25)15-18-12-13-20-19(14-18)23(31)29(6)16-21-22(24(32)33-11-5)28-17-30(20)21/h12-14,17H,7-11,15-16H2,1-6H3. The van der Waals surface area contributed by atoms with Crippen molar-refractivity contribution in [1.82, 2.24) is 14.5 Å². The van der Waals surface area contributed by atoms with Gasteiger partial charge in [0.05, 0.1) is 41.3 Å². The van der Waals surface area contributed by atoms with Crippen LogP contribution in [0.2, 0.25) is 0 Å². The molecule has 0 spiro atoms. The second-order valence-electron chi connectivity index (χ2n) is 9.42. The zero-order valence-electron chi connectivity index (χ0n) is 21.7. The average Bonchev–Trinajstić information content (AvgIpc) is 3.40. The first-order valence-electron chi connectivity index (χ1n) is 12.8. The molecule has 0 aliphatic carbocycles. The number of carbonyl (C=O) groups excluding carboxylic acids is 2. The predicted molar refractivity (Wildman–Crippen MR) is 134 cm³/mol. The van der Waals surface area contributed by atoms with E-state index in [1.165, 1.54) is 0 Å². The summed E-state index contributed by atoms with van der Waals surface area (Å²) in [6.45, 7) is 10.9. The highest BCUT2D eigenvalue weighted by molar-refractivity contribution is 6.45. The quantitative estimate of drug-likeness (QED) is 0.412. The number of fused-ring (bicyclic) bond motifs is 3. The Bertz CT molecular complexity index is 1090. The van der Waals surface area contributed by atoms with Crippen LogP contribution in [0.4, 0.5) is 0 Å². The summed E-state index contributed by atoms with van der Waals surface area (Å²) >= 11 is 0. The van der Waals surface area contributed by atoms with Crippen LogP contribution in [-0.2, 0) is 26.9 Å². The third kappa shape index (κ3) is 4.08. The highest BCUT2D eigenvalue weighted by Gasteiger charge is 2.57. The van der Waals surface area contributed by atoms with E-state index in [9.17, 15) is 9.59 Å². The topological polar surface area (TPSA) is 82.9 Å². The number of hydrogen-bond acceptors (Lipinski definition) is 6. The number of rotatable bonds is 8. The van der Waals surface area contributed by atoms with Gasteiger partial charge in [-0.05, 0) is 50.3 Å². The SMILES string of the molecule is CCOC(=O)c1ncn2c1CN(C)C(=O)c1cc(CB3OC(CC)(CC)C(CC)(CC)O3)ccc1-2. The first-order chi connectivity index (χ1) is 16.8. The van der Waals surface area contributed by atoms with E-state index in [4.69, 9.17) is 14.0 Å². The minimum absolute atomic E-state index is 0.110. The third-order valence-electron chi connectivity index (χ3n) is 7.85. The van der Waals surface area contributed by atoms with Crippen LogP contribution >= 0.6 is 0 Å². The molecule has 35 heavy (non-hydrogen) atoms. The molecule has 1 saturated heterocycles. The summed E-state index contributed by atoms with van der Waals surface area (Å²) < 4.78 is 20.2. The Kier molecular flexibility index (Phi) is 7.11. The Morgan fingerprint density at radius 1 is 1.09 bits per heavy atom. The second-order valence-corrected chi connectivity index (χ2v) is 9.42. The van der Waals surface area contributed by atoms with Gasteiger partial charge in [-0.3, -0.25) is 9.36 Å². The van der Waals surface area contributed by atoms with Crippen LogP contribution < -0.4 is 0 Å². The molecule has 1 aromatic heterocycles. The zero-order chi connectivity index (χ0) is 25.4. The van der Waals surface area contributed by atoms with E-state index in [2.05, 4.69) is 32.7 Å². The lowest BCUT2D eigenvalue weighted by Gasteiger charge is -2.42. The molecule has 1 aromatic carbocycles. The van der Waals surface area contributed by atoms with Crippen molar-refractivity contribution in [1.29, 1.82) is 0 Å². The lowest BCUT2D eigenvalue weighted by atomic mass is 9.75. The summed E-state index contributed by atoms with van der Waals surface area (Å²) in [7, 11) is 1.36. The summed E-state index contributed by atoms with van der Waals surface area (Å²) in [5.41, 5.74) is 2.48. The molecule has 1 fully saturated rings. The van der Waals surface area contributed by atoms with Crippen LogP contribution in [0, 0.1) is 0 Å². The molecule has 0 N–H and O–H groups in total. The normalized spacial score (nSPS) is 18.3. The first kappa shape index (κ1) is 25.4. The lowest BCUT2D eigenvalue weighted by molar-refractivity contribution is -0.0601. The number of esters is 1. The Balaban J connectivity index is 1.67. The number of amides is 1. The fourth-order valence-electron chi connectivity index (χ4n) is 5.84. The van der Waals surface area contributed by atoms with Crippen molar-refractivity contribution in [2.45, 2.75) is 84.4 Å². The fraction of sp³-hybridized carbons (Fsp3) is 0.577. The Labute approximate surface area is 208 Å². The van der Waals surface area contributed by atoms with E-state index < -0.39 is 5.97 Å². The number of ether oxygens (including phenoxy) is 1. The summed E-state index contributed by atoms with van der Waals surface area (Å²) in [4.78, 5) is 31.6. The van der Waals surface area contributed by atoms with E-state index in [0.717, 1.165) is 31.2 Å². The molecule has 9 heteroatoms. The van der Waals surface area contributed by atoms with Crippen LogP contribution in [0.15, 0.2) is 24.5 Å². The van der Waals surface area contributed by atoms with Crippen LogP contribution in [-0.4, -0.2) is 58.3 Å². The number of benzene rings is 1. The highest BCUT2D eigenvalue weighted by atomic mass is 16.7. The maximum Gasteiger partial charge on any atom is 0.462 e. The molecular formula is C26H36BN3O5. The Hall–Kier alpha value is -2.65. The fourth-order valence-corrected chi connectivity index (χ4v) is 5.84. The van der Waals surface area contributed by atoms with Gasteiger partial charge in [0.2, 0.25) is 0 Å². The number of nitrogens with zero attached hydrogens (tertiary/aromatic N) is 3. The average molecular weight is 481 g/mol. The molecule has 0 saturated carbocycles. The maximum absolute atomic E-state index is 13.3. The van der Waals surface area contributed by atoms with Gasteiger partial charge in [-0.15, -0.1) is 0 Å². The summed E-state index contributed by atoms with van der Waals surface area (Å²) in [5, 5.41) is 0. The van der Waals surface area contributed by atoms with Crippen molar-refractivity contribution in [2.75, 3.05) is 13.7 Å². The van der Waals surface area contributed by atoms with E-state index >= 15 is 0 Å². The molecule has 188 valence electrons. The van der Waals surface area contributed by atoms with Crippen molar-refractivity contribution >= 4 is 19.0 Å². The van der Waals surface area contributed by atoms with Gasteiger partial charge in [0.1, 0.15) is 6.33 Å². The van der Waals surface area contributed by atoms with Crippen molar-refractivity contribution in [3.8, 4) is 5.69 Å². The number of hydrogen-bond donors (Lipinski definition) is 0. The largest absolute Gasteiger partial charge is 0.462 e. The molecule has 2 aromatic rings. The van der Waals surface area contributed by atoms with Gasteiger partial charge in [0.15, 0.2) is 5.69 Å². The van der Waals surface area contributed by atoms with E-state index in [-0.39, 0.29) is 43.1 Å². The van der Waals surface area contributed by atoms with Crippen LogP contribution in [0.25, 0.3) is 5.69 Å². The molecule has 0 unspecified atom stereocenters. The van der Waals surface area contributed by atoms with Crippen molar-refractivity contribution < 1.29 is 23.6 Å². The van der Waals surface area contributed by atoms with Crippen molar-refractivity contribution in [2.24, 2.45) is 0 Å². The molecule has 0 radical (unpaired) electrons. The van der Waals surface area contributed by atoms with E-state index in [0.29, 0.717) is 23.3 Å². The van der Waals surface area contributed by atoms with Gasteiger partial charge in [-0.25, -0.2) is 9.78 Å². The summed E-state index contributed by atoms with van der Waals surface area (Å²) in [6, 6.07) is 5.82. The molecule has 0 atom stereocenters. The molecule has 2 aliphatic heterocycles. The highest BCUT2D eigenvalue weighted by Crippen LogP contribution is 2.47. The molecule has 0 bridgehead atoms. The second kappa shape index (κ2) is 9.78. The van der Waals surface area contributed by atoms with Gasteiger partial charge >= 0.3 is 13.1 Å². The van der Waals surface area contributed by atoms with Gasteiger partial charge in [0, 0.05) is 13.4 Å². The van der Waals surface area contributed by atoms with Gasteiger partial charge in [-0.1, -0.05) is 33.8 Å². The first-order valence-corrected chi connectivity index (χ1v) is 12.8. The van der Waals surface area contributed by atoms with E-state index in [1.54, 1.807) is 25.2 Å². The molecule has 1 amide bonds. The lowest BCUT2D eigenvalue weighted by Crippen LogP contribution is -2.50. The van der Waals surface area contributed by atoms with Gasteiger partial charge in [-0.2, -0.15) is 0 Å². The molecule has 4 rings (SSSR count). The van der Waals surface area contributed by atoms with Gasteiger partial charge in [0.25, 0.3) is 5.91 Å². The predicted octanol–water partition coefficient (Wildman–Crippen LogP) is 4.37. The number of imidazole rings is 1. The molecule has 2 aliphatic rings.